The maximum atomic E-state index is 4.50. The molecule has 0 radical (unpaired) electrons. The van der Waals surface area contributed by atoms with Crippen LogP contribution < -0.4 is 0 Å². The third-order valence-electron chi connectivity index (χ3n) is 4.65. The highest BCUT2D eigenvalue weighted by molar-refractivity contribution is 5.38. The summed E-state index contributed by atoms with van der Waals surface area (Å²) in [5, 5.41) is 12.9. The van der Waals surface area contributed by atoms with Crippen molar-refractivity contribution < 1.29 is 0 Å². The number of hydrogen-bond acceptors (Lipinski definition) is 4. The highest BCUT2D eigenvalue weighted by atomic mass is 15.8. The number of rotatable bonds is 4. The van der Waals surface area contributed by atoms with E-state index in [0.29, 0.717) is 6.54 Å². The first kappa shape index (κ1) is 15.4. The quantitative estimate of drug-likeness (QED) is 0.700. The van der Waals surface area contributed by atoms with E-state index in [1.807, 2.05) is 30.3 Å². The average molecular weight is 328 g/mol. The predicted molar refractivity (Wildman–Crippen MR) is 98.3 cm³/mol. The van der Waals surface area contributed by atoms with E-state index in [4.69, 9.17) is 0 Å². The van der Waals surface area contributed by atoms with E-state index in [1.165, 1.54) is 5.56 Å². The minimum Gasteiger partial charge on any atom is -0.245 e. The molecule has 124 valence electrons. The lowest BCUT2D eigenvalue weighted by Gasteiger charge is -2.41. The molecule has 4 rings (SSSR count). The molecule has 0 aliphatic carbocycles. The Morgan fingerprint density at radius 2 is 1.16 bits per heavy atom. The van der Waals surface area contributed by atoms with Crippen LogP contribution >= 0.6 is 0 Å². The summed E-state index contributed by atoms with van der Waals surface area (Å²) in [6.07, 6.45) is 0. The van der Waals surface area contributed by atoms with Gasteiger partial charge < -0.3 is 0 Å². The third-order valence-corrected chi connectivity index (χ3v) is 4.65. The van der Waals surface area contributed by atoms with Gasteiger partial charge in [-0.3, -0.25) is 0 Å². The van der Waals surface area contributed by atoms with Gasteiger partial charge in [-0.1, -0.05) is 101 Å². The second-order valence-corrected chi connectivity index (χ2v) is 6.15. The van der Waals surface area contributed by atoms with Gasteiger partial charge in [-0.15, -0.1) is 0 Å². The van der Waals surface area contributed by atoms with Gasteiger partial charge in [-0.25, -0.2) is 10.0 Å². The number of benzene rings is 3. The van der Waals surface area contributed by atoms with Crippen molar-refractivity contribution in [3.63, 3.8) is 0 Å². The Hall–Kier alpha value is -3.14. The van der Waals surface area contributed by atoms with E-state index in [1.54, 1.807) is 0 Å². The Morgan fingerprint density at radius 1 is 0.680 bits per heavy atom. The Balaban J connectivity index is 1.86. The Labute approximate surface area is 148 Å². The lowest BCUT2D eigenvalue weighted by atomic mass is 9.89. The highest BCUT2D eigenvalue weighted by Gasteiger charge is 2.48. The van der Waals surface area contributed by atoms with Crippen LogP contribution in [0.3, 0.4) is 0 Å². The van der Waals surface area contributed by atoms with Crippen LogP contribution in [0, 0.1) is 0 Å². The van der Waals surface area contributed by atoms with E-state index in [2.05, 4.69) is 88.3 Å². The second-order valence-electron chi connectivity index (χ2n) is 6.15. The van der Waals surface area contributed by atoms with Crippen LogP contribution in [0.1, 0.15) is 16.7 Å². The molecular formula is C21H20N4. The molecule has 1 aliphatic rings. The van der Waals surface area contributed by atoms with Gasteiger partial charge in [0.2, 0.25) is 0 Å². The molecule has 0 aromatic heterocycles. The summed E-state index contributed by atoms with van der Waals surface area (Å²) >= 11 is 0. The fourth-order valence-electron chi connectivity index (χ4n) is 3.49. The number of hydrogen-bond donors (Lipinski definition) is 0. The zero-order chi connectivity index (χ0) is 17.1. The summed E-state index contributed by atoms with van der Waals surface area (Å²) in [6.45, 7) is 0.679. The molecule has 25 heavy (non-hydrogen) atoms. The first-order valence-electron chi connectivity index (χ1n) is 8.40. The normalized spacial score (nSPS) is 15.6. The topological polar surface area (TPSA) is 31.2 Å². The average Bonchev–Trinajstić information content (AvgIpc) is 3.01. The van der Waals surface area contributed by atoms with Crippen LogP contribution in [0.15, 0.2) is 101 Å². The predicted octanol–water partition coefficient (Wildman–Crippen LogP) is 4.62. The molecule has 0 fully saturated rings. The first-order chi connectivity index (χ1) is 12.3. The van der Waals surface area contributed by atoms with Crippen molar-refractivity contribution in [1.82, 2.24) is 10.0 Å². The lowest BCUT2D eigenvalue weighted by molar-refractivity contribution is 0.0347. The van der Waals surface area contributed by atoms with Crippen molar-refractivity contribution in [2.75, 3.05) is 7.05 Å². The van der Waals surface area contributed by atoms with Crippen molar-refractivity contribution >= 4 is 0 Å². The summed E-state index contributed by atoms with van der Waals surface area (Å²) in [5.41, 5.74) is 2.93. The maximum absolute atomic E-state index is 4.50. The van der Waals surface area contributed by atoms with Crippen LogP contribution in [-0.4, -0.2) is 17.1 Å². The Morgan fingerprint density at radius 3 is 1.68 bits per heavy atom. The highest BCUT2D eigenvalue weighted by Crippen LogP contribution is 2.43. The van der Waals surface area contributed by atoms with E-state index in [-0.39, 0.29) is 0 Å². The van der Waals surface area contributed by atoms with Crippen molar-refractivity contribution in [3.05, 3.63) is 108 Å². The van der Waals surface area contributed by atoms with Gasteiger partial charge in [0.15, 0.2) is 5.66 Å². The van der Waals surface area contributed by atoms with Gasteiger partial charge in [0.25, 0.3) is 0 Å². The lowest BCUT2D eigenvalue weighted by Crippen LogP contribution is -2.49. The van der Waals surface area contributed by atoms with Crippen LogP contribution in [0.2, 0.25) is 0 Å². The van der Waals surface area contributed by atoms with Crippen LogP contribution in [-0.2, 0) is 12.2 Å². The first-order valence-corrected chi connectivity index (χ1v) is 8.40. The SMILES string of the molecule is CN1N=NN(Cc2ccccc2)C1(c1ccccc1)c1ccccc1. The molecule has 0 spiro atoms. The summed E-state index contributed by atoms with van der Waals surface area (Å²) in [6, 6.07) is 31.2. The van der Waals surface area contributed by atoms with Crippen molar-refractivity contribution in [2.45, 2.75) is 12.2 Å². The van der Waals surface area contributed by atoms with Gasteiger partial charge >= 0.3 is 0 Å². The molecule has 0 amide bonds. The molecule has 0 saturated carbocycles. The van der Waals surface area contributed by atoms with Gasteiger partial charge in [0.1, 0.15) is 0 Å². The Bertz CT molecular complexity index is 807. The molecule has 0 bridgehead atoms. The Kier molecular flexibility index (Phi) is 3.94. The zero-order valence-electron chi connectivity index (χ0n) is 14.2. The van der Waals surface area contributed by atoms with E-state index < -0.39 is 5.66 Å². The molecule has 4 heteroatoms. The summed E-state index contributed by atoms with van der Waals surface area (Å²) in [4.78, 5) is 0. The zero-order valence-corrected chi connectivity index (χ0v) is 14.2. The number of nitrogens with zero attached hydrogens (tertiary/aromatic N) is 4. The molecule has 0 unspecified atom stereocenters. The minimum absolute atomic E-state index is 0.557. The molecule has 1 aliphatic heterocycles. The molecule has 0 atom stereocenters. The fraction of sp³-hybridized carbons (Fsp3) is 0.143. The van der Waals surface area contributed by atoms with Crippen LogP contribution in [0.4, 0.5) is 0 Å². The molecule has 3 aromatic carbocycles. The van der Waals surface area contributed by atoms with Gasteiger partial charge in [0, 0.05) is 18.2 Å². The van der Waals surface area contributed by atoms with Crippen LogP contribution in [0.5, 0.6) is 0 Å². The third kappa shape index (κ3) is 2.56. The van der Waals surface area contributed by atoms with Gasteiger partial charge in [-0.2, -0.15) is 0 Å². The molecule has 3 aromatic rings. The molecule has 1 heterocycles. The van der Waals surface area contributed by atoms with Gasteiger partial charge in [-0.05, 0) is 5.56 Å². The van der Waals surface area contributed by atoms with E-state index in [9.17, 15) is 0 Å². The monoisotopic (exact) mass is 328 g/mol. The van der Waals surface area contributed by atoms with Crippen molar-refractivity contribution in [1.29, 1.82) is 0 Å². The smallest absolute Gasteiger partial charge is 0.199 e. The molecule has 0 N–H and O–H groups in total. The fourth-order valence-corrected chi connectivity index (χ4v) is 3.49. The van der Waals surface area contributed by atoms with E-state index >= 15 is 0 Å². The summed E-state index contributed by atoms with van der Waals surface area (Å²) < 4.78 is 0. The minimum atomic E-state index is -0.557. The molecular weight excluding hydrogens is 308 g/mol. The van der Waals surface area contributed by atoms with Crippen LogP contribution in [0.25, 0.3) is 0 Å². The largest absolute Gasteiger partial charge is 0.245 e. The molecule has 4 nitrogen and oxygen atoms in total. The van der Waals surface area contributed by atoms with Crippen molar-refractivity contribution in [3.8, 4) is 0 Å². The van der Waals surface area contributed by atoms with Gasteiger partial charge in [0.05, 0.1) is 6.54 Å². The second kappa shape index (κ2) is 6.40. The molecule has 0 saturated heterocycles. The summed E-state index contributed by atoms with van der Waals surface area (Å²) in [5.74, 6) is 0. The van der Waals surface area contributed by atoms with E-state index in [0.717, 1.165) is 11.1 Å². The van der Waals surface area contributed by atoms with Crippen molar-refractivity contribution in [2.24, 2.45) is 10.4 Å². The maximum Gasteiger partial charge on any atom is 0.199 e. The summed E-state index contributed by atoms with van der Waals surface area (Å²) in [7, 11) is 1.98. The standard InChI is InChI=1S/C21H20N4/c1-24-21(19-13-7-3-8-14-19,20-15-9-4-10-16-20)25(23-22-24)17-18-11-5-2-6-12-18/h2-16H,17H2,1H3.